The minimum Gasteiger partial charge on any atom is -0.465 e. The van der Waals surface area contributed by atoms with Gasteiger partial charge < -0.3 is 9.30 Å². The zero-order chi connectivity index (χ0) is 16.1. The molecule has 1 heterocycles. The molecule has 0 unspecified atom stereocenters. The van der Waals surface area contributed by atoms with Crippen LogP contribution in [0.4, 0.5) is 0 Å². The number of esters is 1. The van der Waals surface area contributed by atoms with E-state index >= 15 is 0 Å². The van der Waals surface area contributed by atoms with Gasteiger partial charge in [0.25, 0.3) is 0 Å². The Morgan fingerprint density at radius 2 is 2.05 bits per heavy atom. The van der Waals surface area contributed by atoms with Gasteiger partial charge in [-0.3, -0.25) is 9.59 Å². The van der Waals surface area contributed by atoms with Gasteiger partial charge in [-0.2, -0.15) is 4.99 Å². The van der Waals surface area contributed by atoms with Gasteiger partial charge in [-0.1, -0.05) is 37.3 Å². The van der Waals surface area contributed by atoms with Crippen LogP contribution in [-0.4, -0.2) is 23.1 Å². The standard InChI is InChI=1S/C16H20N2O3S/c1-4-21-15(20)10-18-12-7-5-6-8-13(12)22-16(18)17-14(19)9-11(2)3/h5-8,11H,4,9-10H2,1-3H3. The molecule has 6 heteroatoms. The Morgan fingerprint density at radius 3 is 2.73 bits per heavy atom. The molecule has 22 heavy (non-hydrogen) atoms. The normalized spacial score (nSPS) is 12.1. The Balaban J connectivity index is 2.46. The molecule has 0 atom stereocenters. The third kappa shape index (κ3) is 4.04. The number of carbonyl (C=O) groups is 2. The monoisotopic (exact) mass is 320 g/mol. The number of nitrogens with zero attached hydrogens (tertiary/aromatic N) is 2. The van der Waals surface area contributed by atoms with E-state index in [2.05, 4.69) is 4.99 Å². The molecule has 0 bridgehead atoms. The average Bonchev–Trinajstić information content (AvgIpc) is 2.76. The van der Waals surface area contributed by atoms with Gasteiger partial charge in [-0.15, -0.1) is 0 Å². The lowest BCUT2D eigenvalue weighted by Crippen LogP contribution is -2.23. The summed E-state index contributed by atoms with van der Waals surface area (Å²) in [6, 6.07) is 7.69. The van der Waals surface area contributed by atoms with Gasteiger partial charge in [0.05, 0.1) is 16.8 Å². The van der Waals surface area contributed by atoms with Crippen LogP contribution < -0.4 is 4.80 Å². The van der Waals surface area contributed by atoms with Crippen LogP contribution in [0.2, 0.25) is 0 Å². The number of fused-ring (bicyclic) bond motifs is 1. The fraction of sp³-hybridized carbons (Fsp3) is 0.438. The van der Waals surface area contributed by atoms with E-state index in [9.17, 15) is 9.59 Å². The topological polar surface area (TPSA) is 60.7 Å². The lowest BCUT2D eigenvalue weighted by molar-refractivity contribution is -0.143. The highest BCUT2D eigenvalue weighted by Gasteiger charge is 2.12. The van der Waals surface area contributed by atoms with Crippen molar-refractivity contribution in [3.63, 3.8) is 0 Å². The van der Waals surface area contributed by atoms with Crippen LogP contribution in [0.15, 0.2) is 29.3 Å². The zero-order valence-corrected chi connectivity index (χ0v) is 13.9. The molecule has 1 aromatic carbocycles. The van der Waals surface area contributed by atoms with Crippen molar-refractivity contribution in [3.05, 3.63) is 29.1 Å². The molecule has 0 saturated carbocycles. The summed E-state index contributed by atoms with van der Waals surface area (Å²) in [4.78, 5) is 28.5. The van der Waals surface area contributed by atoms with Crippen molar-refractivity contribution in [2.45, 2.75) is 33.7 Å². The quantitative estimate of drug-likeness (QED) is 0.796. The third-order valence-corrected chi connectivity index (χ3v) is 4.04. The van der Waals surface area contributed by atoms with Crippen LogP contribution >= 0.6 is 11.3 Å². The summed E-state index contributed by atoms with van der Waals surface area (Å²) in [6.07, 6.45) is 0.396. The summed E-state index contributed by atoms with van der Waals surface area (Å²) in [7, 11) is 0. The maximum absolute atomic E-state index is 12.0. The summed E-state index contributed by atoms with van der Waals surface area (Å²) in [6.45, 7) is 6.12. The van der Waals surface area contributed by atoms with E-state index in [0.29, 0.717) is 17.8 Å². The molecule has 0 aliphatic rings. The largest absolute Gasteiger partial charge is 0.465 e. The van der Waals surface area contributed by atoms with Crippen molar-refractivity contribution >= 4 is 33.4 Å². The lowest BCUT2D eigenvalue weighted by Gasteiger charge is -2.05. The number of hydrogen-bond acceptors (Lipinski definition) is 4. The highest BCUT2D eigenvalue weighted by atomic mass is 32.1. The first-order valence-corrected chi connectivity index (χ1v) is 8.14. The van der Waals surface area contributed by atoms with Crippen LogP contribution in [0.5, 0.6) is 0 Å². The third-order valence-electron chi connectivity index (χ3n) is 2.98. The minimum atomic E-state index is -0.330. The molecule has 0 N–H and O–H groups in total. The van der Waals surface area contributed by atoms with Gasteiger partial charge in [-0.25, -0.2) is 0 Å². The molecule has 0 fully saturated rings. The highest BCUT2D eigenvalue weighted by molar-refractivity contribution is 7.16. The molecule has 1 aromatic heterocycles. The second-order valence-electron chi connectivity index (χ2n) is 5.35. The Hall–Kier alpha value is -1.95. The smallest absolute Gasteiger partial charge is 0.326 e. The van der Waals surface area contributed by atoms with Crippen molar-refractivity contribution in [3.8, 4) is 0 Å². The first-order chi connectivity index (χ1) is 10.5. The van der Waals surface area contributed by atoms with Crippen molar-refractivity contribution in [2.24, 2.45) is 10.9 Å². The summed E-state index contributed by atoms with van der Waals surface area (Å²) >= 11 is 1.41. The number of amides is 1. The predicted octanol–water partition coefficient (Wildman–Crippen LogP) is 2.74. The predicted molar refractivity (Wildman–Crippen MR) is 86.5 cm³/mol. The summed E-state index contributed by atoms with van der Waals surface area (Å²) < 4.78 is 7.74. The number of rotatable bonds is 5. The number of ether oxygens (including phenoxy) is 1. The van der Waals surface area contributed by atoms with Gasteiger partial charge in [-0.05, 0) is 25.0 Å². The Kier molecular flexibility index (Phi) is 5.49. The summed E-state index contributed by atoms with van der Waals surface area (Å²) in [5, 5.41) is 0. The minimum absolute atomic E-state index is 0.0612. The molecule has 118 valence electrons. The fourth-order valence-electron chi connectivity index (χ4n) is 2.10. The number of aromatic nitrogens is 1. The summed E-state index contributed by atoms with van der Waals surface area (Å²) in [5.74, 6) is -0.243. The van der Waals surface area contributed by atoms with Crippen LogP contribution in [0.1, 0.15) is 27.2 Å². The van der Waals surface area contributed by atoms with Gasteiger partial charge in [0.2, 0.25) is 5.91 Å². The van der Waals surface area contributed by atoms with Crippen molar-refractivity contribution in [2.75, 3.05) is 6.61 Å². The second kappa shape index (κ2) is 7.35. The maximum atomic E-state index is 12.0. The van der Waals surface area contributed by atoms with E-state index in [0.717, 1.165) is 10.2 Å². The number of hydrogen-bond donors (Lipinski definition) is 0. The molecule has 0 aliphatic heterocycles. The van der Waals surface area contributed by atoms with Crippen molar-refractivity contribution in [1.29, 1.82) is 0 Å². The van der Waals surface area contributed by atoms with Crippen LogP contribution in [-0.2, 0) is 20.9 Å². The Labute approximate surface area is 133 Å². The lowest BCUT2D eigenvalue weighted by atomic mass is 10.1. The number of para-hydroxylation sites is 1. The van der Waals surface area contributed by atoms with E-state index in [1.807, 2.05) is 38.1 Å². The molecule has 1 amide bonds. The molecular weight excluding hydrogens is 300 g/mol. The highest BCUT2D eigenvalue weighted by Crippen LogP contribution is 2.17. The van der Waals surface area contributed by atoms with E-state index in [1.54, 1.807) is 11.5 Å². The SMILES string of the molecule is CCOC(=O)Cn1c(=NC(=O)CC(C)C)sc2ccccc21. The van der Waals surface area contributed by atoms with E-state index in [-0.39, 0.29) is 24.3 Å². The molecule has 0 saturated heterocycles. The van der Waals surface area contributed by atoms with Gasteiger partial charge in [0, 0.05) is 6.42 Å². The first-order valence-electron chi connectivity index (χ1n) is 7.32. The van der Waals surface area contributed by atoms with Crippen molar-refractivity contribution in [1.82, 2.24) is 4.57 Å². The van der Waals surface area contributed by atoms with E-state index in [1.165, 1.54) is 11.3 Å². The molecular formula is C16H20N2O3S. The van der Waals surface area contributed by atoms with Gasteiger partial charge in [0.1, 0.15) is 6.54 Å². The molecule has 0 aliphatic carbocycles. The van der Waals surface area contributed by atoms with Crippen LogP contribution in [0, 0.1) is 5.92 Å². The van der Waals surface area contributed by atoms with E-state index in [4.69, 9.17) is 4.74 Å². The molecule has 2 rings (SSSR count). The number of thiazole rings is 1. The average molecular weight is 320 g/mol. The molecule has 0 radical (unpaired) electrons. The Bertz CT molecular complexity index is 743. The maximum Gasteiger partial charge on any atom is 0.326 e. The van der Waals surface area contributed by atoms with Crippen LogP contribution in [0.25, 0.3) is 10.2 Å². The van der Waals surface area contributed by atoms with Crippen LogP contribution in [0.3, 0.4) is 0 Å². The zero-order valence-electron chi connectivity index (χ0n) is 13.0. The summed E-state index contributed by atoms with van der Waals surface area (Å²) in [5.41, 5.74) is 0.886. The molecule has 5 nitrogen and oxygen atoms in total. The Morgan fingerprint density at radius 1 is 1.32 bits per heavy atom. The van der Waals surface area contributed by atoms with Crippen molar-refractivity contribution < 1.29 is 14.3 Å². The fourth-order valence-corrected chi connectivity index (χ4v) is 3.14. The van der Waals surface area contributed by atoms with Gasteiger partial charge in [0.15, 0.2) is 4.80 Å². The molecule has 2 aromatic rings. The first kappa shape index (κ1) is 16.4. The molecule has 0 spiro atoms. The van der Waals surface area contributed by atoms with E-state index < -0.39 is 0 Å². The second-order valence-corrected chi connectivity index (χ2v) is 6.36. The number of benzene rings is 1. The van der Waals surface area contributed by atoms with Gasteiger partial charge >= 0.3 is 5.97 Å². The number of carbonyl (C=O) groups excluding carboxylic acids is 2.